The Hall–Kier alpha value is -1.96. The zero-order valence-electron chi connectivity index (χ0n) is 14.4. The van der Waals surface area contributed by atoms with Crippen molar-refractivity contribution >= 4 is 41.3 Å². The number of aliphatic imine (C=N–C) groups is 1. The molecule has 5 nitrogen and oxygen atoms in total. The average Bonchev–Trinajstić information content (AvgIpc) is 3.10. The van der Waals surface area contributed by atoms with Gasteiger partial charge in [-0.15, -0.1) is 24.0 Å². The van der Waals surface area contributed by atoms with Crippen molar-refractivity contribution < 1.29 is 4.74 Å². The van der Waals surface area contributed by atoms with Crippen molar-refractivity contribution in [2.24, 2.45) is 16.6 Å². The van der Waals surface area contributed by atoms with Gasteiger partial charge in [0.15, 0.2) is 5.96 Å². The molecule has 25 heavy (non-hydrogen) atoms. The number of hydrogen-bond acceptors (Lipinski definition) is 3. The quantitative estimate of drug-likeness (QED) is 0.414. The molecule has 0 spiro atoms. The van der Waals surface area contributed by atoms with Gasteiger partial charge < -0.3 is 20.7 Å². The van der Waals surface area contributed by atoms with Crippen LogP contribution in [0.3, 0.4) is 0 Å². The fourth-order valence-electron chi connectivity index (χ4n) is 3.01. The van der Waals surface area contributed by atoms with Crippen LogP contribution in [0.2, 0.25) is 0 Å². The molecule has 0 aromatic heterocycles. The lowest BCUT2D eigenvalue weighted by atomic mass is 10.1. The summed E-state index contributed by atoms with van der Waals surface area (Å²) in [5.41, 5.74) is 8.14. The lowest BCUT2D eigenvalue weighted by Gasteiger charge is -2.18. The standard InChI is InChI=1S/C19H24N4O.HI/c1-24-18-10-6-5-9-17(18)22-19(20)21-13-15-11-12-23(14-15)16-7-3-2-4-8-16;/h2-10,15H,11-14H2,1H3,(H3,20,21,22);1H. The van der Waals surface area contributed by atoms with Crippen LogP contribution in [0.25, 0.3) is 0 Å². The second-order valence-electron chi connectivity index (χ2n) is 5.99. The number of rotatable bonds is 5. The number of benzene rings is 2. The van der Waals surface area contributed by atoms with E-state index < -0.39 is 0 Å². The molecule has 1 saturated heterocycles. The predicted octanol–water partition coefficient (Wildman–Crippen LogP) is 3.57. The molecule has 1 heterocycles. The van der Waals surface area contributed by atoms with Crippen molar-refractivity contribution in [2.75, 3.05) is 37.0 Å². The summed E-state index contributed by atoms with van der Waals surface area (Å²) in [6, 6.07) is 18.2. The van der Waals surface area contributed by atoms with Gasteiger partial charge in [-0.2, -0.15) is 0 Å². The highest BCUT2D eigenvalue weighted by Gasteiger charge is 2.22. The van der Waals surface area contributed by atoms with Gasteiger partial charge in [0, 0.05) is 25.3 Å². The summed E-state index contributed by atoms with van der Waals surface area (Å²) in [5, 5.41) is 3.12. The second-order valence-corrected chi connectivity index (χ2v) is 5.99. The van der Waals surface area contributed by atoms with Gasteiger partial charge in [0.25, 0.3) is 0 Å². The number of para-hydroxylation sites is 3. The first-order chi connectivity index (χ1) is 11.8. The average molecular weight is 452 g/mol. The number of hydrogen-bond donors (Lipinski definition) is 2. The van der Waals surface area contributed by atoms with E-state index in [9.17, 15) is 0 Å². The second kappa shape index (κ2) is 9.50. The van der Waals surface area contributed by atoms with E-state index in [4.69, 9.17) is 10.5 Å². The van der Waals surface area contributed by atoms with Gasteiger partial charge in [-0.05, 0) is 36.6 Å². The summed E-state index contributed by atoms with van der Waals surface area (Å²) in [6.07, 6.45) is 1.14. The van der Waals surface area contributed by atoms with E-state index in [1.165, 1.54) is 5.69 Å². The van der Waals surface area contributed by atoms with Crippen molar-refractivity contribution in [2.45, 2.75) is 6.42 Å². The van der Waals surface area contributed by atoms with E-state index in [0.717, 1.165) is 37.5 Å². The molecule has 1 atom stereocenters. The number of nitrogens with one attached hydrogen (secondary N) is 1. The maximum atomic E-state index is 6.02. The Morgan fingerprint density at radius 2 is 1.92 bits per heavy atom. The minimum atomic E-state index is 0. The van der Waals surface area contributed by atoms with Gasteiger partial charge in [-0.3, -0.25) is 4.99 Å². The summed E-state index contributed by atoms with van der Waals surface area (Å²) in [6.45, 7) is 2.83. The topological polar surface area (TPSA) is 62.9 Å². The Labute approximate surface area is 166 Å². The van der Waals surface area contributed by atoms with Gasteiger partial charge in [-0.1, -0.05) is 30.3 Å². The number of halogens is 1. The van der Waals surface area contributed by atoms with Gasteiger partial charge in [0.1, 0.15) is 5.75 Å². The molecule has 0 aliphatic carbocycles. The molecule has 1 fully saturated rings. The summed E-state index contributed by atoms with van der Waals surface area (Å²) in [5.74, 6) is 1.72. The normalized spacial score (nSPS) is 17.1. The van der Waals surface area contributed by atoms with Crippen LogP contribution in [0.4, 0.5) is 11.4 Å². The minimum Gasteiger partial charge on any atom is -0.495 e. The number of guanidine groups is 1. The Morgan fingerprint density at radius 3 is 2.68 bits per heavy atom. The van der Waals surface area contributed by atoms with Crippen molar-refractivity contribution in [3.05, 3.63) is 54.6 Å². The third-order valence-electron chi connectivity index (χ3n) is 4.30. The van der Waals surface area contributed by atoms with Crippen molar-refractivity contribution in [1.82, 2.24) is 0 Å². The third-order valence-corrected chi connectivity index (χ3v) is 4.30. The van der Waals surface area contributed by atoms with Gasteiger partial charge in [0.05, 0.1) is 12.8 Å². The number of ether oxygens (including phenoxy) is 1. The zero-order chi connectivity index (χ0) is 16.8. The molecule has 2 aromatic rings. The van der Waals surface area contributed by atoms with Gasteiger partial charge >= 0.3 is 0 Å². The van der Waals surface area contributed by atoms with Crippen LogP contribution >= 0.6 is 24.0 Å². The van der Waals surface area contributed by atoms with Crippen molar-refractivity contribution in [3.63, 3.8) is 0 Å². The lowest BCUT2D eigenvalue weighted by Crippen LogP contribution is -2.25. The maximum absolute atomic E-state index is 6.02. The largest absolute Gasteiger partial charge is 0.495 e. The van der Waals surface area contributed by atoms with E-state index in [2.05, 4.69) is 39.5 Å². The van der Waals surface area contributed by atoms with Crippen LogP contribution in [0, 0.1) is 5.92 Å². The molecule has 0 saturated carbocycles. The van der Waals surface area contributed by atoms with Crippen LogP contribution < -0.4 is 20.7 Å². The zero-order valence-corrected chi connectivity index (χ0v) is 16.7. The summed E-state index contributed by atoms with van der Waals surface area (Å²) in [7, 11) is 1.64. The fourth-order valence-corrected chi connectivity index (χ4v) is 3.01. The SMILES string of the molecule is COc1ccccc1NC(N)=NCC1CCN(c2ccccc2)C1.I. The summed E-state index contributed by atoms with van der Waals surface area (Å²) in [4.78, 5) is 6.91. The molecular formula is C19H25IN4O. The van der Waals surface area contributed by atoms with Crippen LogP contribution in [-0.4, -0.2) is 32.7 Å². The molecule has 134 valence electrons. The fraction of sp³-hybridized carbons (Fsp3) is 0.316. The molecule has 1 aliphatic rings. The monoisotopic (exact) mass is 452 g/mol. The van der Waals surface area contributed by atoms with E-state index in [1.807, 2.05) is 30.3 Å². The van der Waals surface area contributed by atoms with Gasteiger partial charge in [-0.25, -0.2) is 0 Å². The highest BCUT2D eigenvalue weighted by Crippen LogP contribution is 2.24. The van der Waals surface area contributed by atoms with E-state index in [0.29, 0.717) is 11.9 Å². The Morgan fingerprint density at radius 1 is 1.20 bits per heavy atom. The van der Waals surface area contributed by atoms with E-state index in [1.54, 1.807) is 7.11 Å². The molecule has 0 radical (unpaired) electrons. The van der Waals surface area contributed by atoms with E-state index in [-0.39, 0.29) is 24.0 Å². The summed E-state index contributed by atoms with van der Waals surface area (Å²) >= 11 is 0. The number of nitrogens with two attached hydrogens (primary N) is 1. The molecule has 1 aliphatic heterocycles. The molecule has 2 aromatic carbocycles. The number of anilines is 2. The molecule has 0 bridgehead atoms. The first-order valence-electron chi connectivity index (χ1n) is 8.26. The smallest absolute Gasteiger partial charge is 0.193 e. The maximum Gasteiger partial charge on any atom is 0.193 e. The van der Waals surface area contributed by atoms with Crippen LogP contribution in [0.15, 0.2) is 59.6 Å². The number of nitrogens with zero attached hydrogens (tertiary/aromatic N) is 2. The van der Waals surface area contributed by atoms with Crippen molar-refractivity contribution in [1.29, 1.82) is 0 Å². The van der Waals surface area contributed by atoms with E-state index >= 15 is 0 Å². The molecule has 3 rings (SSSR count). The Bertz CT molecular complexity index is 693. The summed E-state index contributed by atoms with van der Waals surface area (Å²) < 4.78 is 5.31. The molecule has 0 amide bonds. The van der Waals surface area contributed by atoms with Crippen LogP contribution in [-0.2, 0) is 0 Å². The minimum absolute atomic E-state index is 0. The first kappa shape index (κ1) is 19.4. The molecule has 3 N–H and O–H groups in total. The molecular weight excluding hydrogens is 427 g/mol. The van der Waals surface area contributed by atoms with Crippen LogP contribution in [0.5, 0.6) is 5.75 Å². The highest BCUT2D eigenvalue weighted by molar-refractivity contribution is 14.0. The Balaban J connectivity index is 0.00000225. The Kier molecular flexibility index (Phi) is 7.36. The van der Waals surface area contributed by atoms with Crippen LogP contribution in [0.1, 0.15) is 6.42 Å². The first-order valence-corrected chi connectivity index (χ1v) is 8.26. The molecule has 1 unspecified atom stereocenters. The molecule has 6 heteroatoms. The number of methoxy groups -OCH3 is 1. The lowest BCUT2D eigenvalue weighted by molar-refractivity contribution is 0.417. The van der Waals surface area contributed by atoms with Crippen molar-refractivity contribution in [3.8, 4) is 5.75 Å². The highest BCUT2D eigenvalue weighted by atomic mass is 127. The third kappa shape index (κ3) is 5.26. The van der Waals surface area contributed by atoms with Gasteiger partial charge in [0.2, 0.25) is 0 Å². The predicted molar refractivity (Wildman–Crippen MR) is 115 cm³/mol.